The van der Waals surface area contributed by atoms with Crippen LogP contribution in [0, 0.1) is 0 Å². The average Bonchev–Trinajstić information content (AvgIpc) is 2.97. The zero-order valence-corrected chi connectivity index (χ0v) is 10.5. The van der Waals surface area contributed by atoms with E-state index in [9.17, 15) is 9.59 Å². The molecule has 1 fully saturated rings. The van der Waals surface area contributed by atoms with Crippen LogP contribution in [0.3, 0.4) is 0 Å². The Labute approximate surface area is 109 Å². The summed E-state index contributed by atoms with van der Waals surface area (Å²) in [6.45, 7) is 0. The maximum atomic E-state index is 12.0. The molecule has 1 saturated heterocycles. The quantitative estimate of drug-likeness (QED) is 0.836. The fourth-order valence-electron chi connectivity index (χ4n) is 2.25. The number of rotatable bonds is 2. The van der Waals surface area contributed by atoms with E-state index in [-0.39, 0.29) is 11.8 Å². The molecule has 1 aliphatic heterocycles. The Hall–Kier alpha value is -2.37. The standard InChI is InChI=1S/C13H14N4O2/c1-17-7-14-10-6-8(2-4-11(10)17)15-13(19)9-3-5-12(18)16-9/h2,4,6-7,9H,3,5H2,1H3,(H,15,19)(H,16,18). The number of nitrogens with one attached hydrogen (secondary N) is 2. The molecule has 0 radical (unpaired) electrons. The first-order valence-corrected chi connectivity index (χ1v) is 6.15. The third-order valence-electron chi connectivity index (χ3n) is 3.30. The maximum Gasteiger partial charge on any atom is 0.246 e. The molecule has 1 atom stereocenters. The van der Waals surface area contributed by atoms with Crippen LogP contribution >= 0.6 is 0 Å². The van der Waals surface area contributed by atoms with Crippen LogP contribution in [0.2, 0.25) is 0 Å². The van der Waals surface area contributed by atoms with Crippen molar-refractivity contribution < 1.29 is 9.59 Å². The minimum atomic E-state index is -0.424. The predicted molar refractivity (Wildman–Crippen MR) is 70.5 cm³/mol. The van der Waals surface area contributed by atoms with Crippen molar-refractivity contribution in [2.24, 2.45) is 7.05 Å². The molecule has 0 aliphatic carbocycles. The number of benzene rings is 1. The molecule has 98 valence electrons. The van der Waals surface area contributed by atoms with Crippen LogP contribution in [0.5, 0.6) is 0 Å². The molecule has 2 aromatic rings. The van der Waals surface area contributed by atoms with Crippen LogP contribution < -0.4 is 10.6 Å². The molecule has 1 aliphatic rings. The lowest BCUT2D eigenvalue weighted by atomic mass is 10.2. The number of carbonyl (C=O) groups is 2. The smallest absolute Gasteiger partial charge is 0.246 e. The van der Waals surface area contributed by atoms with Gasteiger partial charge in [-0.25, -0.2) is 4.98 Å². The van der Waals surface area contributed by atoms with Crippen molar-refractivity contribution in [1.29, 1.82) is 0 Å². The van der Waals surface area contributed by atoms with Crippen LogP contribution in [-0.2, 0) is 16.6 Å². The summed E-state index contributed by atoms with van der Waals surface area (Å²) in [5.41, 5.74) is 2.53. The number of amides is 2. The number of imidazole rings is 1. The molecule has 1 unspecified atom stereocenters. The zero-order valence-electron chi connectivity index (χ0n) is 10.5. The van der Waals surface area contributed by atoms with E-state index in [0.717, 1.165) is 11.0 Å². The molecule has 2 heterocycles. The van der Waals surface area contributed by atoms with Crippen molar-refractivity contribution in [1.82, 2.24) is 14.9 Å². The SMILES string of the molecule is Cn1cnc2cc(NC(=O)C3CCC(=O)N3)ccc21. The molecule has 2 N–H and O–H groups in total. The van der Waals surface area contributed by atoms with E-state index in [2.05, 4.69) is 15.6 Å². The number of aryl methyl sites for hydroxylation is 1. The Bertz CT molecular complexity index is 662. The van der Waals surface area contributed by atoms with Crippen LogP contribution in [-0.4, -0.2) is 27.4 Å². The Kier molecular flexibility index (Phi) is 2.70. The van der Waals surface area contributed by atoms with Gasteiger partial charge in [0.25, 0.3) is 0 Å². The molecule has 1 aromatic carbocycles. The molecule has 2 amide bonds. The van der Waals surface area contributed by atoms with Crippen molar-refractivity contribution >= 4 is 28.5 Å². The first-order chi connectivity index (χ1) is 9.13. The van der Waals surface area contributed by atoms with Gasteiger partial charge in [-0.3, -0.25) is 9.59 Å². The number of carbonyl (C=O) groups excluding carboxylic acids is 2. The van der Waals surface area contributed by atoms with Gasteiger partial charge in [-0.2, -0.15) is 0 Å². The van der Waals surface area contributed by atoms with E-state index < -0.39 is 6.04 Å². The number of aromatic nitrogens is 2. The summed E-state index contributed by atoms with van der Waals surface area (Å²) < 4.78 is 1.91. The first-order valence-electron chi connectivity index (χ1n) is 6.15. The number of hydrogen-bond acceptors (Lipinski definition) is 3. The van der Waals surface area contributed by atoms with Gasteiger partial charge in [0, 0.05) is 19.2 Å². The molecule has 3 rings (SSSR count). The second-order valence-corrected chi connectivity index (χ2v) is 4.71. The van der Waals surface area contributed by atoms with Gasteiger partial charge in [0.2, 0.25) is 11.8 Å². The van der Waals surface area contributed by atoms with Crippen molar-refractivity contribution in [2.45, 2.75) is 18.9 Å². The normalized spacial score (nSPS) is 18.6. The van der Waals surface area contributed by atoms with Gasteiger partial charge in [0.15, 0.2) is 0 Å². The van der Waals surface area contributed by atoms with Crippen molar-refractivity contribution in [3.05, 3.63) is 24.5 Å². The van der Waals surface area contributed by atoms with Gasteiger partial charge in [-0.15, -0.1) is 0 Å². The first kappa shape index (κ1) is 11.7. The van der Waals surface area contributed by atoms with Gasteiger partial charge in [0.1, 0.15) is 6.04 Å². The Balaban J connectivity index is 1.77. The molecule has 0 bridgehead atoms. The van der Waals surface area contributed by atoms with Crippen LogP contribution in [0.15, 0.2) is 24.5 Å². The third-order valence-corrected chi connectivity index (χ3v) is 3.30. The summed E-state index contributed by atoms with van der Waals surface area (Å²) in [7, 11) is 1.92. The minimum Gasteiger partial charge on any atom is -0.344 e. The van der Waals surface area contributed by atoms with E-state index in [0.29, 0.717) is 18.5 Å². The van der Waals surface area contributed by atoms with E-state index >= 15 is 0 Å². The van der Waals surface area contributed by atoms with Crippen LogP contribution in [0.4, 0.5) is 5.69 Å². The molecule has 19 heavy (non-hydrogen) atoms. The van der Waals surface area contributed by atoms with Gasteiger partial charge in [-0.05, 0) is 24.6 Å². The Morgan fingerprint density at radius 2 is 2.37 bits per heavy atom. The van der Waals surface area contributed by atoms with E-state index in [1.165, 1.54) is 0 Å². The average molecular weight is 258 g/mol. The van der Waals surface area contributed by atoms with Crippen LogP contribution in [0.1, 0.15) is 12.8 Å². The lowest BCUT2D eigenvalue weighted by Gasteiger charge is -2.10. The van der Waals surface area contributed by atoms with E-state index in [1.807, 2.05) is 29.8 Å². The van der Waals surface area contributed by atoms with Gasteiger partial charge in [-0.1, -0.05) is 0 Å². The summed E-state index contributed by atoms with van der Waals surface area (Å²) in [5.74, 6) is -0.249. The lowest BCUT2D eigenvalue weighted by Crippen LogP contribution is -2.37. The molecule has 0 spiro atoms. The van der Waals surface area contributed by atoms with E-state index in [1.54, 1.807) is 6.33 Å². The fraction of sp³-hybridized carbons (Fsp3) is 0.308. The summed E-state index contributed by atoms with van der Waals surface area (Å²) in [6, 6.07) is 5.14. The number of hydrogen-bond donors (Lipinski definition) is 2. The highest BCUT2D eigenvalue weighted by atomic mass is 16.2. The highest BCUT2D eigenvalue weighted by Gasteiger charge is 2.27. The van der Waals surface area contributed by atoms with Gasteiger partial charge < -0.3 is 15.2 Å². The van der Waals surface area contributed by atoms with Crippen molar-refractivity contribution in [3.63, 3.8) is 0 Å². The topological polar surface area (TPSA) is 76.0 Å². The van der Waals surface area contributed by atoms with Crippen molar-refractivity contribution in [3.8, 4) is 0 Å². The van der Waals surface area contributed by atoms with Gasteiger partial charge >= 0.3 is 0 Å². The van der Waals surface area contributed by atoms with Gasteiger partial charge in [0.05, 0.1) is 17.4 Å². The highest BCUT2D eigenvalue weighted by Crippen LogP contribution is 2.18. The fourth-order valence-corrected chi connectivity index (χ4v) is 2.25. The second kappa shape index (κ2) is 4.38. The molecular weight excluding hydrogens is 244 g/mol. The summed E-state index contributed by atoms with van der Waals surface area (Å²) in [6.07, 6.45) is 2.70. The molecule has 1 aromatic heterocycles. The predicted octanol–water partition coefficient (Wildman–Crippen LogP) is 0.790. The number of fused-ring (bicyclic) bond motifs is 1. The summed E-state index contributed by atoms with van der Waals surface area (Å²) >= 11 is 0. The largest absolute Gasteiger partial charge is 0.344 e. The summed E-state index contributed by atoms with van der Waals surface area (Å²) in [5, 5.41) is 5.45. The lowest BCUT2D eigenvalue weighted by molar-refractivity contribution is -0.122. The monoisotopic (exact) mass is 258 g/mol. The maximum absolute atomic E-state index is 12.0. The van der Waals surface area contributed by atoms with Crippen molar-refractivity contribution in [2.75, 3.05) is 5.32 Å². The molecule has 6 nitrogen and oxygen atoms in total. The Morgan fingerprint density at radius 3 is 3.11 bits per heavy atom. The molecular formula is C13H14N4O2. The minimum absolute atomic E-state index is 0.0691. The number of nitrogens with zero attached hydrogens (tertiary/aromatic N) is 2. The van der Waals surface area contributed by atoms with E-state index in [4.69, 9.17) is 0 Å². The number of anilines is 1. The summed E-state index contributed by atoms with van der Waals surface area (Å²) in [4.78, 5) is 27.3. The molecule has 0 saturated carbocycles. The Morgan fingerprint density at radius 1 is 1.53 bits per heavy atom. The molecule has 6 heteroatoms. The van der Waals surface area contributed by atoms with Crippen LogP contribution in [0.25, 0.3) is 11.0 Å². The second-order valence-electron chi connectivity index (χ2n) is 4.71. The third kappa shape index (κ3) is 2.16. The highest BCUT2D eigenvalue weighted by molar-refractivity contribution is 5.99. The zero-order chi connectivity index (χ0) is 13.4.